The van der Waals surface area contributed by atoms with E-state index in [9.17, 15) is 13.2 Å². The summed E-state index contributed by atoms with van der Waals surface area (Å²) in [5.74, 6) is 0.210. The lowest BCUT2D eigenvalue weighted by molar-refractivity contribution is 0.577. The van der Waals surface area contributed by atoms with Crippen molar-refractivity contribution >= 4 is 33.0 Å². The lowest BCUT2D eigenvalue weighted by Gasteiger charge is -2.10. The van der Waals surface area contributed by atoms with E-state index in [4.69, 9.17) is 23.2 Å². The van der Waals surface area contributed by atoms with Crippen LogP contribution in [0.1, 0.15) is 13.3 Å². The van der Waals surface area contributed by atoms with Crippen molar-refractivity contribution in [2.45, 2.75) is 23.6 Å². The van der Waals surface area contributed by atoms with Gasteiger partial charge in [-0.3, -0.25) is 4.79 Å². The highest BCUT2D eigenvalue weighted by Gasteiger charge is 2.27. The summed E-state index contributed by atoms with van der Waals surface area (Å²) in [5.41, 5.74) is -0.673. The summed E-state index contributed by atoms with van der Waals surface area (Å²) in [6, 6.07) is 0. The summed E-state index contributed by atoms with van der Waals surface area (Å²) >= 11 is 11.1. The number of alkyl halides is 1. The molecule has 0 aliphatic heterocycles. The first-order valence-electron chi connectivity index (χ1n) is 4.44. The third kappa shape index (κ3) is 2.56. The molecule has 1 N–H and O–H groups in total. The van der Waals surface area contributed by atoms with Gasteiger partial charge in [-0.15, -0.1) is 11.6 Å². The van der Waals surface area contributed by atoms with Crippen LogP contribution in [-0.4, -0.2) is 29.5 Å². The first-order chi connectivity index (χ1) is 7.41. The van der Waals surface area contributed by atoms with Crippen LogP contribution >= 0.6 is 23.2 Å². The quantitative estimate of drug-likeness (QED) is 0.666. The molecule has 0 aliphatic carbocycles. The van der Waals surface area contributed by atoms with Crippen LogP contribution in [0.25, 0.3) is 0 Å². The van der Waals surface area contributed by atoms with E-state index >= 15 is 0 Å². The van der Waals surface area contributed by atoms with Crippen molar-refractivity contribution in [1.82, 2.24) is 9.97 Å². The summed E-state index contributed by atoms with van der Waals surface area (Å²) in [4.78, 5) is 16.9. The van der Waals surface area contributed by atoms with Gasteiger partial charge in [-0.2, -0.15) is 0 Å². The number of sulfone groups is 1. The van der Waals surface area contributed by atoms with Gasteiger partial charge in [0, 0.05) is 5.88 Å². The third-order valence-corrected chi connectivity index (χ3v) is 4.90. The molecule has 1 aromatic rings. The first-order valence-corrected chi connectivity index (χ1v) is 6.90. The van der Waals surface area contributed by atoms with E-state index < -0.39 is 30.7 Å². The number of hydrogen-bond acceptors (Lipinski definition) is 4. The Hall–Kier alpha value is -0.590. The fraction of sp³-hybridized carbons (Fsp3) is 0.500. The molecular formula is C8H10Cl2N2O3S. The molecule has 0 saturated carbocycles. The summed E-state index contributed by atoms with van der Waals surface area (Å²) < 4.78 is 23.9. The van der Waals surface area contributed by atoms with Crippen molar-refractivity contribution < 1.29 is 8.42 Å². The molecule has 0 aliphatic rings. The van der Waals surface area contributed by atoms with Gasteiger partial charge in [0.15, 0.2) is 14.9 Å². The van der Waals surface area contributed by atoms with E-state index in [0.29, 0.717) is 0 Å². The molecule has 0 amide bonds. The topological polar surface area (TPSA) is 79.9 Å². The van der Waals surface area contributed by atoms with Crippen molar-refractivity contribution in [3.05, 3.63) is 21.7 Å². The van der Waals surface area contributed by atoms with Gasteiger partial charge in [-0.05, 0) is 13.3 Å². The van der Waals surface area contributed by atoms with Crippen LogP contribution in [0.5, 0.6) is 0 Å². The summed E-state index contributed by atoms with van der Waals surface area (Å²) in [6.45, 7) is 1.50. The highest BCUT2D eigenvalue weighted by atomic mass is 35.5. The lowest BCUT2D eigenvalue weighted by Crippen LogP contribution is -2.23. The Morgan fingerprint density at radius 3 is 2.75 bits per heavy atom. The van der Waals surface area contributed by atoms with Crippen LogP contribution in [0.4, 0.5) is 0 Å². The Labute approximate surface area is 103 Å². The Bertz CT molecular complexity index is 526. The molecular weight excluding hydrogens is 275 g/mol. The van der Waals surface area contributed by atoms with E-state index in [2.05, 4.69) is 9.97 Å². The molecule has 1 atom stereocenters. The van der Waals surface area contributed by atoms with Crippen molar-refractivity contribution in [2.24, 2.45) is 0 Å². The van der Waals surface area contributed by atoms with E-state index in [1.807, 2.05) is 0 Å². The number of hydrogen-bond donors (Lipinski definition) is 1. The minimum atomic E-state index is -3.70. The van der Waals surface area contributed by atoms with Crippen LogP contribution in [0, 0.1) is 0 Å². The van der Waals surface area contributed by atoms with E-state index in [0.717, 1.165) is 6.33 Å². The number of nitrogens with zero attached hydrogens (tertiary/aromatic N) is 1. The van der Waals surface area contributed by atoms with Crippen molar-refractivity contribution in [2.75, 3.05) is 5.88 Å². The molecule has 16 heavy (non-hydrogen) atoms. The normalized spacial score (nSPS) is 13.7. The molecule has 5 nitrogen and oxygen atoms in total. The predicted molar refractivity (Wildman–Crippen MR) is 61.9 cm³/mol. The lowest BCUT2D eigenvalue weighted by atomic mass is 10.4. The minimum Gasteiger partial charge on any atom is -0.312 e. The average Bonchev–Trinajstić information content (AvgIpc) is 2.22. The second-order valence-corrected chi connectivity index (χ2v) is 6.22. The van der Waals surface area contributed by atoms with Crippen molar-refractivity contribution in [3.63, 3.8) is 0 Å². The molecule has 0 fully saturated rings. The molecule has 0 radical (unpaired) electrons. The fourth-order valence-corrected chi connectivity index (χ4v) is 3.30. The minimum absolute atomic E-state index is 0.210. The van der Waals surface area contributed by atoms with Crippen molar-refractivity contribution in [1.29, 1.82) is 0 Å². The summed E-state index contributed by atoms with van der Waals surface area (Å²) in [6.07, 6.45) is 1.28. The molecule has 1 aromatic heterocycles. The van der Waals surface area contributed by atoms with Gasteiger partial charge >= 0.3 is 0 Å². The van der Waals surface area contributed by atoms with Gasteiger partial charge in [-0.25, -0.2) is 13.4 Å². The number of nitrogens with one attached hydrogen (secondary N) is 1. The third-order valence-electron chi connectivity index (χ3n) is 2.08. The second kappa shape index (κ2) is 5.16. The maximum Gasteiger partial charge on any atom is 0.270 e. The molecule has 1 heterocycles. The van der Waals surface area contributed by atoms with Crippen LogP contribution in [0.15, 0.2) is 16.1 Å². The Morgan fingerprint density at radius 1 is 1.56 bits per heavy atom. The summed E-state index contributed by atoms with van der Waals surface area (Å²) in [7, 11) is -3.70. The average molecular weight is 285 g/mol. The summed E-state index contributed by atoms with van der Waals surface area (Å²) in [5, 5.41) is -1.53. The first kappa shape index (κ1) is 13.5. The standard InChI is InChI=1S/C8H10Cl2N2O3S/c1-5(2-3-9)16(14,15)8-6(10)7(13)11-4-12-8/h4-5H,2-3H2,1H3,(H,11,12,13). The van der Waals surface area contributed by atoms with E-state index in [1.54, 1.807) is 0 Å². The van der Waals surface area contributed by atoms with Crippen LogP contribution in [0.3, 0.4) is 0 Å². The fourth-order valence-electron chi connectivity index (χ4n) is 1.06. The van der Waals surface area contributed by atoms with Crippen LogP contribution in [-0.2, 0) is 9.84 Å². The zero-order valence-corrected chi connectivity index (χ0v) is 10.7. The Kier molecular flexibility index (Phi) is 4.35. The van der Waals surface area contributed by atoms with Gasteiger partial charge in [-0.1, -0.05) is 11.6 Å². The molecule has 0 aromatic carbocycles. The molecule has 90 valence electrons. The molecule has 8 heteroatoms. The van der Waals surface area contributed by atoms with E-state index in [-0.39, 0.29) is 12.3 Å². The number of rotatable bonds is 4. The highest BCUT2D eigenvalue weighted by molar-refractivity contribution is 7.92. The largest absolute Gasteiger partial charge is 0.312 e. The van der Waals surface area contributed by atoms with Crippen molar-refractivity contribution in [3.8, 4) is 0 Å². The maximum absolute atomic E-state index is 11.9. The monoisotopic (exact) mass is 284 g/mol. The second-order valence-electron chi connectivity index (χ2n) is 3.18. The molecule has 0 saturated heterocycles. The van der Waals surface area contributed by atoms with Crippen LogP contribution < -0.4 is 5.56 Å². The smallest absolute Gasteiger partial charge is 0.270 e. The van der Waals surface area contributed by atoms with Gasteiger partial charge in [0.25, 0.3) is 5.56 Å². The highest BCUT2D eigenvalue weighted by Crippen LogP contribution is 2.20. The van der Waals surface area contributed by atoms with Gasteiger partial charge in [0.1, 0.15) is 5.02 Å². The van der Waals surface area contributed by atoms with Gasteiger partial charge < -0.3 is 4.98 Å². The Morgan fingerprint density at radius 2 is 2.19 bits per heavy atom. The maximum atomic E-state index is 11.9. The Balaban J connectivity index is 3.28. The zero-order chi connectivity index (χ0) is 12.3. The number of H-pyrrole nitrogens is 1. The number of aromatic nitrogens is 2. The molecule has 0 bridgehead atoms. The SMILES string of the molecule is CC(CCCl)S(=O)(=O)c1nc[nH]c(=O)c1Cl. The van der Waals surface area contributed by atoms with Gasteiger partial charge in [0.05, 0.1) is 11.6 Å². The zero-order valence-electron chi connectivity index (χ0n) is 8.41. The number of aromatic amines is 1. The predicted octanol–water partition coefficient (Wildman–Crippen LogP) is 1.21. The van der Waals surface area contributed by atoms with Crippen LogP contribution in [0.2, 0.25) is 5.02 Å². The van der Waals surface area contributed by atoms with E-state index in [1.165, 1.54) is 6.92 Å². The molecule has 0 spiro atoms. The number of halogens is 2. The molecule has 1 rings (SSSR count). The van der Waals surface area contributed by atoms with Gasteiger partial charge in [0.2, 0.25) is 0 Å². The molecule has 1 unspecified atom stereocenters.